The molecule has 2 N–H and O–H groups in total. The van der Waals surface area contributed by atoms with E-state index in [1.807, 2.05) is 11.3 Å². The van der Waals surface area contributed by atoms with Crippen molar-refractivity contribution in [3.63, 3.8) is 0 Å². The summed E-state index contributed by atoms with van der Waals surface area (Å²) in [5.74, 6) is 0.697. The molecular weight excluding hydrogens is 306 g/mol. The van der Waals surface area contributed by atoms with Crippen molar-refractivity contribution in [2.45, 2.75) is 38.6 Å². The van der Waals surface area contributed by atoms with Crippen molar-refractivity contribution in [1.82, 2.24) is 24.8 Å². The van der Waals surface area contributed by atoms with Crippen LogP contribution in [0.5, 0.6) is 0 Å². The lowest BCUT2D eigenvalue weighted by atomic mass is 10.2. The van der Waals surface area contributed by atoms with E-state index in [1.54, 1.807) is 18.3 Å². The molecular formula is C17H25N5O2. The number of amides is 1. The van der Waals surface area contributed by atoms with Gasteiger partial charge >= 0.3 is 0 Å². The zero-order chi connectivity index (χ0) is 16.9. The fourth-order valence-corrected chi connectivity index (χ4v) is 3.28. The maximum atomic E-state index is 12.2. The highest BCUT2D eigenvalue weighted by Gasteiger charge is 2.22. The first kappa shape index (κ1) is 16.9. The molecule has 7 nitrogen and oxygen atoms in total. The maximum Gasteiger partial charge on any atom is 0.252 e. The zero-order valence-corrected chi connectivity index (χ0v) is 14.1. The third-order valence-corrected chi connectivity index (χ3v) is 4.70. The van der Waals surface area contributed by atoms with Gasteiger partial charge in [0.05, 0.1) is 12.2 Å². The molecule has 3 rings (SSSR count). The lowest BCUT2D eigenvalue weighted by Gasteiger charge is -2.22. The topological polar surface area (TPSA) is 82.8 Å². The number of nitrogens with zero attached hydrogens (tertiary/aromatic N) is 4. The number of aromatic nitrogens is 3. The molecule has 0 bridgehead atoms. The molecule has 1 fully saturated rings. The number of rotatable bonds is 7. The minimum atomic E-state index is -0.0700. The Kier molecular flexibility index (Phi) is 5.42. The normalized spacial score (nSPS) is 18.3. The highest BCUT2D eigenvalue weighted by Crippen LogP contribution is 2.16. The van der Waals surface area contributed by atoms with Crippen LogP contribution in [0, 0.1) is 6.92 Å². The highest BCUT2D eigenvalue weighted by molar-refractivity contribution is 5.94. The summed E-state index contributed by atoms with van der Waals surface area (Å²) in [6.45, 7) is 4.85. The molecule has 0 radical (unpaired) electrons. The second kappa shape index (κ2) is 7.72. The molecule has 1 amide bonds. The third kappa shape index (κ3) is 3.73. The fraction of sp³-hybridized carbons (Fsp3) is 0.588. The Labute approximate surface area is 141 Å². The summed E-state index contributed by atoms with van der Waals surface area (Å²) < 4.78 is 1.82. The second-order valence-electron chi connectivity index (χ2n) is 6.37. The quantitative estimate of drug-likeness (QED) is 0.740. The number of carbonyl (C=O) groups is 1. The van der Waals surface area contributed by atoms with Gasteiger partial charge in [0.2, 0.25) is 0 Å². The molecule has 3 heterocycles. The molecule has 0 aliphatic carbocycles. The number of aliphatic hydroxyl groups is 1. The number of hydrogen-bond donors (Lipinski definition) is 2. The Balaban J connectivity index is 1.42. The van der Waals surface area contributed by atoms with Crippen LogP contribution in [0.15, 0.2) is 18.3 Å². The van der Waals surface area contributed by atoms with Crippen LogP contribution in [0.1, 0.15) is 41.9 Å². The molecule has 7 heteroatoms. The number of carbonyl (C=O) groups excluding carboxylic acids is 1. The molecule has 1 aliphatic heterocycles. The summed E-state index contributed by atoms with van der Waals surface area (Å²) >= 11 is 0. The van der Waals surface area contributed by atoms with E-state index in [0.29, 0.717) is 18.2 Å². The van der Waals surface area contributed by atoms with Crippen molar-refractivity contribution in [1.29, 1.82) is 0 Å². The third-order valence-electron chi connectivity index (χ3n) is 4.70. The van der Waals surface area contributed by atoms with Crippen LogP contribution in [0.3, 0.4) is 0 Å². The Hall–Kier alpha value is -1.99. The molecule has 1 saturated heterocycles. The molecule has 2 aromatic heterocycles. The predicted molar refractivity (Wildman–Crippen MR) is 91.0 cm³/mol. The van der Waals surface area contributed by atoms with Gasteiger partial charge in [0, 0.05) is 18.8 Å². The Bertz CT molecular complexity index is 699. The van der Waals surface area contributed by atoms with Crippen molar-refractivity contribution in [2.24, 2.45) is 0 Å². The van der Waals surface area contributed by atoms with Crippen LogP contribution >= 0.6 is 0 Å². The predicted octanol–water partition coefficient (Wildman–Crippen LogP) is 1.00. The first-order valence-electron chi connectivity index (χ1n) is 8.63. The van der Waals surface area contributed by atoms with Gasteiger partial charge in [-0.2, -0.15) is 0 Å². The first-order valence-corrected chi connectivity index (χ1v) is 8.63. The summed E-state index contributed by atoms with van der Waals surface area (Å²) in [5.41, 5.74) is 1.36. The Morgan fingerprint density at radius 2 is 2.25 bits per heavy atom. The SMILES string of the molecule is Cc1nnc2ccc(C(=O)NCCCCN3CCCC3CO)cn12. The fourth-order valence-electron chi connectivity index (χ4n) is 3.28. The van der Waals surface area contributed by atoms with Crippen molar-refractivity contribution in [3.05, 3.63) is 29.7 Å². The van der Waals surface area contributed by atoms with E-state index in [1.165, 1.54) is 6.42 Å². The number of aliphatic hydroxyl groups excluding tert-OH is 1. The number of likely N-dealkylation sites (tertiary alicyclic amines) is 1. The van der Waals surface area contributed by atoms with Crippen LogP contribution in [0.25, 0.3) is 5.65 Å². The molecule has 0 saturated carbocycles. The molecule has 1 unspecified atom stereocenters. The molecule has 130 valence electrons. The van der Waals surface area contributed by atoms with Crippen LogP contribution in [-0.2, 0) is 0 Å². The summed E-state index contributed by atoms with van der Waals surface area (Å²) in [7, 11) is 0. The van der Waals surface area contributed by atoms with Gasteiger partial charge in [-0.25, -0.2) is 0 Å². The van der Waals surface area contributed by atoms with Crippen molar-refractivity contribution in [2.75, 3.05) is 26.2 Å². The summed E-state index contributed by atoms with van der Waals surface area (Å²) in [4.78, 5) is 14.6. The summed E-state index contributed by atoms with van der Waals surface area (Å²) in [6.07, 6.45) is 6.01. The Morgan fingerprint density at radius 3 is 3.08 bits per heavy atom. The van der Waals surface area contributed by atoms with E-state index in [4.69, 9.17) is 0 Å². The van der Waals surface area contributed by atoms with Gasteiger partial charge in [-0.15, -0.1) is 10.2 Å². The van der Waals surface area contributed by atoms with E-state index in [0.717, 1.165) is 43.8 Å². The standard InChI is InChI=1S/C17H25N5O2/c1-13-19-20-16-7-6-14(11-22(13)16)17(24)18-8-2-3-9-21-10-4-5-15(21)12-23/h6-7,11,15,23H,2-5,8-10,12H2,1H3,(H,18,24). The maximum absolute atomic E-state index is 12.2. The van der Waals surface area contributed by atoms with E-state index in [-0.39, 0.29) is 12.5 Å². The smallest absolute Gasteiger partial charge is 0.252 e. The molecule has 1 aliphatic rings. The minimum Gasteiger partial charge on any atom is -0.395 e. The van der Waals surface area contributed by atoms with Crippen molar-refractivity contribution in [3.8, 4) is 0 Å². The number of aryl methyl sites for hydroxylation is 1. The van der Waals surface area contributed by atoms with E-state index >= 15 is 0 Å². The minimum absolute atomic E-state index is 0.0700. The average Bonchev–Trinajstić information content (AvgIpc) is 3.20. The number of unbranched alkanes of at least 4 members (excludes halogenated alkanes) is 1. The van der Waals surface area contributed by atoms with E-state index in [9.17, 15) is 9.90 Å². The van der Waals surface area contributed by atoms with Gasteiger partial charge in [0.1, 0.15) is 5.82 Å². The molecule has 24 heavy (non-hydrogen) atoms. The van der Waals surface area contributed by atoms with Crippen molar-refractivity contribution < 1.29 is 9.90 Å². The lowest BCUT2D eigenvalue weighted by molar-refractivity contribution is 0.0951. The average molecular weight is 331 g/mol. The number of nitrogens with one attached hydrogen (secondary N) is 1. The molecule has 0 aromatic carbocycles. The van der Waals surface area contributed by atoms with Gasteiger partial charge in [-0.3, -0.25) is 14.1 Å². The van der Waals surface area contributed by atoms with Gasteiger partial charge in [-0.05, 0) is 57.8 Å². The first-order chi connectivity index (χ1) is 11.7. The van der Waals surface area contributed by atoms with E-state index < -0.39 is 0 Å². The monoisotopic (exact) mass is 331 g/mol. The van der Waals surface area contributed by atoms with Gasteiger partial charge < -0.3 is 10.4 Å². The largest absolute Gasteiger partial charge is 0.395 e. The van der Waals surface area contributed by atoms with Crippen LogP contribution < -0.4 is 5.32 Å². The molecule has 1 atom stereocenters. The van der Waals surface area contributed by atoms with Gasteiger partial charge in [0.25, 0.3) is 5.91 Å². The van der Waals surface area contributed by atoms with Crippen LogP contribution in [0.4, 0.5) is 0 Å². The molecule has 0 spiro atoms. The van der Waals surface area contributed by atoms with Crippen LogP contribution in [0.2, 0.25) is 0 Å². The Morgan fingerprint density at radius 1 is 1.38 bits per heavy atom. The van der Waals surface area contributed by atoms with Gasteiger partial charge in [-0.1, -0.05) is 0 Å². The lowest BCUT2D eigenvalue weighted by Crippen LogP contribution is -2.33. The highest BCUT2D eigenvalue weighted by atomic mass is 16.3. The molecule has 2 aromatic rings. The van der Waals surface area contributed by atoms with Crippen LogP contribution in [-0.4, -0.2) is 62.8 Å². The number of hydrogen-bond acceptors (Lipinski definition) is 5. The van der Waals surface area contributed by atoms with Crippen molar-refractivity contribution >= 4 is 11.6 Å². The summed E-state index contributed by atoms with van der Waals surface area (Å²) in [5, 5.41) is 20.3. The van der Waals surface area contributed by atoms with Gasteiger partial charge in [0.15, 0.2) is 5.65 Å². The zero-order valence-electron chi connectivity index (χ0n) is 14.1. The number of pyridine rings is 1. The number of fused-ring (bicyclic) bond motifs is 1. The van der Waals surface area contributed by atoms with E-state index in [2.05, 4.69) is 20.4 Å². The second-order valence-corrected chi connectivity index (χ2v) is 6.37. The summed E-state index contributed by atoms with van der Waals surface area (Å²) in [6, 6.07) is 3.91.